The number of hydrogen-bond acceptors (Lipinski definition) is 6. The number of hydrogen-bond donors (Lipinski definition) is 1. The number of nitrogens with one attached hydrogen (secondary N) is 1. The number of halogens is 4. The minimum atomic E-state index is -4.69. The molecule has 2 atom stereocenters. The molecule has 0 saturated carbocycles. The van der Waals surface area contributed by atoms with E-state index >= 15 is 0 Å². The third-order valence-corrected chi connectivity index (χ3v) is 5.97. The average Bonchev–Trinajstić information content (AvgIpc) is 2.90. The van der Waals surface area contributed by atoms with Crippen LogP contribution in [0.2, 0.25) is 0 Å². The van der Waals surface area contributed by atoms with E-state index in [-0.39, 0.29) is 12.5 Å². The standard InChI is InChI=1S/C28H28F4N4O3/c1-18(36-26(37)27(2,3)39-25-15-24(28(30,31)32)34-17-35-25)23(21-6-4-5-20(13-21)16-33)14-19-7-9-22(10-8-19)38-12-11-29/h4-10,13,15,17-18,23H,11-12,14H2,1-3H3,(H,36,37). The maximum atomic E-state index is 13.2. The van der Waals surface area contributed by atoms with Crippen LogP contribution in [-0.4, -0.2) is 40.8 Å². The molecule has 1 amide bonds. The average molecular weight is 545 g/mol. The van der Waals surface area contributed by atoms with Crippen LogP contribution in [0.4, 0.5) is 17.6 Å². The first-order valence-electron chi connectivity index (χ1n) is 12.1. The van der Waals surface area contributed by atoms with E-state index in [1.54, 1.807) is 37.3 Å². The molecule has 0 fully saturated rings. The minimum Gasteiger partial charge on any atom is -0.491 e. The molecule has 1 aromatic heterocycles. The molecule has 7 nitrogen and oxygen atoms in total. The van der Waals surface area contributed by atoms with E-state index in [9.17, 15) is 27.6 Å². The Morgan fingerprint density at radius 2 is 1.82 bits per heavy atom. The predicted octanol–water partition coefficient (Wildman–Crippen LogP) is 5.40. The number of carbonyl (C=O) groups is 1. The largest absolute Gasteiger partial charge is 0.491 e. The Kier molecular flexibility index (Phi) is 9.46. The van der Waals surface area contributed by atoms with Crippen LogP contribution in [0.15, 0.2) is 60.9 Å². The van der Waals surface area contributed by atoms with Crippen LogP contribution in [0, 0.1) is 11.3 Å². The molecule has 0 bridgehead atoms. The van der Waals surface area contributed by atoms with Gasteiger partial charge in [-0.3, -0.25) is 4.79 Å². The second-order valence-electron chi connectivity index (χ2n) is 9.34. The molecule has 1 heterocycles. The van der Waals surface area contributed by atoms with E-state index in [0.29, 0.717) is 23.8 Å². The van der Waals surface area contributed by atoms with Gasteiger partial charge in [-0.05, 0) is 62.6 Å². The van der Waals surface area contributed by atoms with Crippen molar-refractivity contribution < 1.29 is 31.8 Å². The molecule has 39 heavy (non-hydrogen) atoms. The number of alkyl halides is 4. The lowest BCUT2D eigenvalue weighted by molar-refractivity contribution is -0.141. The maximum absolute atomic E-state index is 13.2. The summed E-state index contributed by atoms with van der Waals surface area (Å²) in [6, 6.07) is 16.4. The van der Waals surface area contributed by atoms with Crippen molar-refractivity contribution in [1.29, 1.82) is 5.26 Å². The summed E-state index contributed by atoms with van der Waals surface area (Å²) in [6.45, 7) is 3.99. The number of amides is 1. The molecule has 2 aromatic carbocycles. The Bertz CT molecular complexity index is 1310. The molecular formula is C28H28F4N4O3. The number of ether oxygens (including phenoxy) is 2. The fourth-order valence-electron chi connectivity index (χ4n) is 3.89. The molecule has 11 heteroatoms. The van der Waals surface area contributed by atoms with Crippen LogP contribution >= 0.6 is 0 Å². The van der Waals surface area contributed by atoms with Gasteiger partial charge in [0.05, 0.1) is 11.6 Å². The van der Waals surface area contributed by atoms with E-state index < -0.39 is 42.0 Å². The number of rotatable bonds is 11. The monoisotopic (exact) mass is 544 g/mol. The third kappa shape index (κ3) is 8.14. The van der Waals surface area contributed by atoms with Gasteiger partial charge in [0, 0.05) is 18.0 Å². The minimum absolute atomic E-state index is 0.0453. The Labute approximate surface area is 223 Å². The van der Waals surface area contributed by atoms with Crippen molar-refractivity contribution in [2.24, 2.45) is 0 Å². The van der Waals surface area contributed by atoms with Gasteiger partial charge in [0.2, 0.25) is 5.88 Å². The predicted molar refractivity (Wildman–Crippen MR) is 135 cm³/mol. The van der Waals surface area contributed by atoms with Gasteiger partial charge in [0.25, 0.3) is 5.91 Å². The van der Waals surface area contributed by atoms with Gasteiger partial charge < -0.3 is 14.8 Å². The van der Waals surface area contributed by atoms with Crippen LogP contribution in [0.1, 0.15) is 49.1 Å². The fraction of sp³-hybridized carbons (Fsp3) is 0.357. The van der Waals surface area contributed by atoms with Crippen LogP contribution < -0.4 is 14.8 Å². The number of nitrogens with zero attached hydrogens (tertiary/aromatic N) is 3. The van der Waals surface area contributed by atoms with Crippen molar-refractivity contribution in [1.82, 2.24) is 15.3 Å². The highest BCUT2D eigenvalue weighted by Gasteiger charge is 2.36. The topological polar surface area (TPSA) is 97.1 Å². The Morgan fingerprint density at radius 1 is 1.10 bits per heavy atom. The first-order valence-corrected chi connectivity index (χ1v) is 12.1. The van der Waals surface area contributed by atoms with Gasteiger partial charge in [-0.2, -0.15) is 18.4 Å². The molecule has 0 aliphatic heterocycles. The summed E-state index contributed by atoms with van der Waals surface area (Å²) in [5.41, 5.74) is -0.578. The first-order chi connectivity index (χ1) is 18.4. The molecular weight excluding hydrogens is 516 g/mol. The molecule has 0 aliphatic carbocycles. The van der Waals surface area contributed by atoms with Gasteiger partial charge >= 0.3 is 6.18 Å². The molecule has 0 saturated heterocycles. The number of carbonyl (C=O) groups excluding carboxylic acids is 1. The van der Waals surface area contributed by atoms with Crippen molar-refractivity contribution in [3.8, 4) is 17.7 Å². The van der Waals surface area contributed by atoms with E-state index in [0.717, 1.165) is 17.5 Å². The highest BCUT2D eigenvalue weighted by Crippen LogP contribution is 2.30. The Hall–Kier alpha value is -4.20. The van der Waals surface area contributed by atoms with Crippen LogP contribution in [0.5, 0.6) is 11.6 Å². The van der Waals surface area contributed by atoms with E-state index in [1.165, 1.54) is 13.8 Å². The molecule has 2 unspecified atom stereocenters. The number of aromatic nitrogens is 2. The van der Waals surface area contributed by atoms with Crippen molar-refractivity contribution in [3.63, 3.8) is 0 Å². The van der Waals surface area contributed by atoms with Crippen molar-refractivity contribution in [3.05, 3.63) is 83.3 Å². The lowest BCUT2D eigenvalue weighted by Crippen LogP contribution is -2.51. The summed E-state index contributed by atoms with van der Waals surface area (Å²) >= 11 is 0. The van der Waals surface area contributed by atoms with Crippen molar-refractivity contribution in [2.45, 2.75) is 50.9 Å². The molecule has 3 aromatic rings. The highest BCUT2D eigenvalue weighted by atomic mass is 19.4. The quantitative estimate of drug-likeness (QED) is 0.325. The molecule has 206 valence electrons. The fourth-order valence-corrected chi connectivity index (χ4v) is 3.89. The van der Waals surface area contributed by atoms with Gasteiger partial charge in [0.15, 0.2) is 11.3 Å². The summed E-state index contributed by atoms with van der Waals surface area (Å²) in [5.74, 6) is -0.721. The second kappa shape index (κ2) is 12.6. The van der Waals surface area contributed by atoms with Crippen LogP contribution in [0.25, 0.3) is 0 Å². The zero-order valence-electron chi connectivity index (χ0n) is 21.6. The van der Waals surface area contributed by atoms with E-state index in [4.69, 9.17) is 9.47 Å². The van der Waals surface area contributed by atoms with Crippen molar-refractivity contribution >= 4 is 5.91 Å². The summed E-state index contributed by atoms with van der Waals surface area (Å²) in [7, 11) is 0. The van der Waals surface area contributed by atoms with Gasteiger partial charge in [0.1, 0.15) is 25.4 Å². The highest BCUT2D eigenvalue weighted by molar-refractivity contribution is 5.85. The second-order valence-corrected chi connectivity index (χ2v) is 9.34. The van der Waals surface area contributed by atoms with Gasteiger partial charge in [-0.15, -0.1) is 0 Å². The summed E-state index contributed by atoms with van der Waals surface area (Å²) in [4.78, 5) is 20.1. The van der Waals surface area contributed by atoms with E-state index in [2.05, 4.69) is 21.4 Å². The summed E-state index contributed by atoms with van der Waals surface area (Å²) < 4.78 is 62.3. The van der Waals surface area contributed by atoms with Crippen LogP contribution in [-0.2, 0) is 17.4 Å². The lowest BCUT2D eigenvalue weighted by Gasteiger charge is -2.30. The Morgan fingerprint density at radius 3 is 2.46 bits per heavy atom. The number of benzene rings is 2. The third-order valence-electron chi connectivity index (χ3n) is 5.97. The molecule has 0 spiro atoms. The SMILES string of the molecule is CC(NC(=O)C(C)(C)Oc1cc(C(F)(F)F)ncn1)C(Cc1ccc(OCCF)cc1)c1cccc(C#N)c1. The first kappa shape index (κ1) is 29.4. The number of nitriles is 1. The van der Waals surface area contributed by atoms with Gasteiger partial charge in [-0.1, -0.05) is 24.3 Å². The molecule has 0 aliphatic rings. The van der Waals surface area contributed by atoms with E-state index in [1.807, 2.05) is 18.2 Å². The van der Waals surface area contributed by atoms with Crippen LogP contribution in [0.3, 0.4) is 0 Å². The Balaban J connectivity index is 1.80. The normalized spacial score (nSPS) is 13.2. The zero-order valence-corrected chi connectivity index (χ0v) is 21.6. The zero-order chi connectivity index (χ0) is 28.6. The molecule has 1 N–H and O–H groups in total. The maximum Gasteiger partial charge on any atom is 0.433 e. The lowest BCUT2D eigenvalue weighted by atomic mass is 9.85. The summed E-state index contributed by atoms with van der Waals surface area (Å²) in [5, 5.41) is 12.3. The van der Waals surface area contributed by atoms with Crippen molar-refractivity contribution in [2.75, 3.05) is 13.3 Å². The molecule has 0 radical (unpaired) electrons. The smallest absolute Gasteiger partial charge is 0.433 e. The summed E-state index contributed by atoms with van der Waals surface area (Å²) in [6.07, 6.45) is -3.49. The molecule has 3 rings (SSSR count). The van der Waals surface area contributed by atoms with Gasteiger partial charge in [-0.25, -0.2) is 14.4 Å².